The summed E-state index contributed by atoms with van der Waals surface area (Å²) in [4.78, 5) is 4.44. The average Bonchev–Trinajstić information content (AvgIpc) is 3.36. The van der Waals surface area contributed by atoms with Gasteiger partial charge in [0.2, 0.25) is 0 Å². The van der Waals surface area contributed by atoms with Gasteiger partial charge in [0.15, 0.2) is 11.5 Å². The first-order chi connectivity index (χ1) is 17.5. The van der Waals surface area contributed by atoms with Crippen molar-refractivity contribution < 1.29 is 56.9 Å². The monoisotopic (exact) mass is 591 g/mol. The van der Waals surface area contributed by atoms with E-state index in [2.05, 4.69) is 9.17 Å². The highest BCUT2D eigenvalue weighted by atomic mass is 32.2. The number of aromatic nitrogens is 1. The molecule has 0 N–H and O–H groups in total. The number of pyridine rings is 1. The summed E-state index contributed by atoms with van der Waals surface area (Å²) in [6, 6.07) is 11.9. The van der Waals surface area contributed by atoms with Crippen molar-refractivity contribution in [2.24, 2.45) is 0 Å². The Bertz CT molecular complexity index is 1410. The second-order valence-electron chi connectivity index (χ2n) is 7.35. The topological polar surface area (TPSA) is 65.5 Å². The van der Waals surface area contributed by atoms with Crippen molar-refractivity contribution in [1.82, 2.24) is 4.98 Å². The number of methoxy groups -OCH3 is 1. The summed E-state index contributed by atoms with van der Waals surface area (Å²) in [5, 5.41) is -5.51. The van der Waals surface area contributed by atoms with E-state index in [9.17, 15) is 47.9 Å². The standard InChI is InChI=1S/C22H14F9NO4S2/c1-35-18-15(36-38(33,34)22(30,31)20(25,26)19(23,24)21(27,28)29)12-14(10-9-13-6-3-2-4-7-13)32-17(18)16-8-5-11-37-16/h2-12H,1H3/b10-9+. The Morgan fingerprint density at radius 2 is 1.50 bits per heavy atom. The molecule has 0 aliphatic heterocycles. The Labute approximate surface area is 213 Å². The van der Waals surface area contributed by atoms with Gasteiger partial charge < -0.3 is 8.92 Å². The van der Waals surface area contributed by atoms with Crippen LogP contribution in [0.5, 0.6) is 11.5 Å². The Kier molecular flexibility index (Phi) is 7.81. The number of alkyl halides is 9. The number of benzene rings is 1. The van der Waals surface area contributed by atoms with E-state index in [1.54, 1.807) is 30.3 Å². The molecule has 3 rings (SSSR count). The van der Waals surface area contributed by atoms with Crippen LogP contribution in [-0.2, 0) is 10.1 Å². The van der Waals surface area contributed by atoms with Crippen LogP contribution in [0.3, 0.4) is 0 Å². The maximum Gasteiger partial charge on any atom is 0.460 e. The van der Waals surface area contributed by atoms with E-state index in [0.29, 0.717) is 11.6 Å². The summed E-state index contributed by atoms with van der Waals surface area (Å²) in [6.45, 7) is 0. The number of thiophene rings is 1. The van der Waals surface area contributed by atoms with E-state index >= 15 is 0 Å². The first-order valence-electron chi connectivity index (χ1n) is 9.96. The second kappa shape index (κ2) is 10.1. The van der Waals surface area contributed by atoms with Gasteiger partial charge in [0, 0.05) is 6.07 Å². The fourth-order valence-corrected chi connectivity index (χ4v) is 4.51. The van der Waals surface area contributed by atoms with E-state index in [1.165, 1.54) is 29.7 Å². The molecule has 0 spiro atoms. The van der Waals surface area contributed by atoms with Crippen LogP contribution in [0, 0.1) is 0 Å². The molecule has 0 aliphatic carbocycles. The van der Waals surface area contributed by atoms with Crippen molar-refractivity contribution in [3.8, 4) is 22.1 Å². The number of nitrogens with zero attached hydrogens (tertiary/aromatic N) is 1. The summed E-state index contributed by atoms with van der Waals surface area (Å²) < 4.78 is 153. The lowest BCUT2D eigenvalue weighted by molar-refractivity contribution is -0.382. The summed E-state index contributed by atoms with van der Waals surface area (Å²) >= 11 is 1.01. The van der Waals surface area contributed by atoms with Gasteiger partial charge in [-0.05, 0) is 23.1 Å². The molecule has 0 unspecified atom stereocenters. The molecule has 0 saturated carbocycles. The molecule has 38 heavy (non-hydrogen) atoms. The molecule has 0 saturated heterocycles. The van der Waals surface area contributed by atoms with E-state index in [4.69, 9.17) is 4.74 Å². The molecule has 2 heterocycles. The van der Waals surface area contributed by atoms with Crippen molar-refractivity contribution in [3.63, 3.8) is 0 Å². The zero-order chi connectivity index (χ0) is 28.6. The third kappa shape index (κ3) is 5.18. The number of hydrogen-bond acceptors (Lipinski definition) is 6. The van der Waals surface area contributed by atoms with Crippen LogP contribution in [0.25, 0.3) is 22.7 Å². The molecule has 0 radical (unpaired) electrons. The zero-order valence-electron chi connectivity index (χ0n) is 18.6. The molecule has 0 aliphatic rings. The highest BCUT2D eigenvalue weighted by Gasteiger charge is 2.86. The van der Waals surface area contributed by atoms with Crippen molar-refractivity contribution in [1.29, 1.82) is 0 Å². The molecule has 0 bridgehead atoms. The quantitative estimate of drug-likeness (QED) is 0.196. The van der Waals surface area contributed by atoms with Crippen LogP contribution in [0.4, 0.5) is 39.5 Å². The Balaban J connectivity index is 2.15. The molecule has 3 aromatic rings. The van der Waals surface area contributed by atoms with Gasteiger partial charge >= 0.3 is 33.4 Å². The van der Waals surface area contributed by atoms with Crippen LogP contribution in [0.15, 0.2) is 53.9 Å². The summed E-state index contributed by atoms with van der Waals surface area (Å²) in [7, 11) is -6.31. The van der Waals surface area contributed by atoms with E-state index < -0.39 is 44.9 Å². The van der Waals surface area contributed by atoms with Gasteiger partial charge in [-0.1, -0.05) is 42.5 Å². The number of ether oxygens (including phenoxy) is 1. The maximum atomic E-state index is 14.3. The minimum Gasteiger partial charge on any atom is -0.491 e. The predicted molar refractivity (Wildman–Crippen MR) is 120 cm³/mol. The molecular weight excluding hydrogens is 577 g/mol. The lowest BCUT2D eigenvalue weighted by Gasteiger charge is -2.32. The summed E-state index contributed by atoms with van der Waals surface area (Å²) in [5.41, 5.74) is 0.177. The maximum absolute atomic E-state index is 14.3. The fourth-order valence-electron chi connectivity index (χ4n) is 2.89. The van der Waals surface area contributed by atoms with Crippen LogP contribution >= 0.6 is 11.3 Å². The normalized spacial score (nSPS) is 13.6. The SMILES string of the molecule is COc1c(OS(=O)(=O)C(F)(F)C(F)(F)C(F)(F)C(F)(F)F)cc(/C=C/c2ccccc2)nc1-c1cccs1. The Morgan fingerprint density at radius 3 is 2.03 bits per heavy atom. The fraction of sp³-hybridized carbons (Fsp3) is 0.227. The predicted octanol–water partition coefficient (Wildman–Crippen LogP) is 7.12. The molecule has 206 valence electrons. The highest BCUT2D eigenvalue weighted by Crippen LogP contribution is 2.55. The van der Waals surface area contributed by atoms with Crippen LogP contribution in [-0.4, -0.2) is 43.8 Å². The van der Waals surface area contributed by atoms with Gasteiger partial charge in [-0.25, -0.2) is 4.98 Å². The van der Waals surface area contributed by atoms with Crippen molar-refractivity contribution in [2.45, 2.75) is 23.3 Å². The molecule has 2 aromatic heterocycles. The van der Waals surface area contributed by atoms with Gasteiger partial charge in [-0.2, -0.15) is 47.9 Å². The number of hydrogen-bond donors (Lipinski definition) is 0. The molecule has 0 amide bonds. The van der Waals surface area contributed by atoms with E-state index in [0.717, 1.165) is 18.4 Å². The van der Waals surface area contributed by atoms with Crippen molar-refractivity contribution >= 4 is 33.6 Å². The average molecular weight is 591 g/mol. The number of halogens is 9. The lowest BCUT2D eigenvalue weighted by Crippen LogP contribution is -2.63. The van der Waals surface area contributed by atoms with Crippen molar-refractivity contribution in [3.05, 3.63) is 65.2 Å². The minimum atomic E-state index is -7.45. The minimum absolute atomic E-state index is 0.195. The first kappa shape index (κ1) is 29.3. The van der Waals surface area contributed by atoms with Gasteiger partial charge in [-0.15, -0.1) is 11.3 Å². The summed E-state index contributed by atoms with van der Waals surface area (Å²) in [5.74, 6) is -16.8. The summed E-state index contributed by atoms with van der Waals surface area (Å²) in [6.07, 6.45) is -4.53. The van der Waals surface area contributed by atoms with Crippen LogP contribution < -0.4 is 8.92 Å². The third-order valence-electron chi connectivity index (χ3n) is 4.79. The van der Waals surface area contributed by atoms with E-state index in [1.807, 2.05) is 0 Å². The molecule has 0 atom stereocenters. The van der Waals surface area contributed by atoms with Gasteiger partial charge in [0.25, 0.3) is 0 Å². The zero-order valence-corrected chi connectivity index (χ0v) is 20.3. The van der Waals surface area contributed by atoms with Gasteiger partial charge in [0.05, 0.1) is 17.7 Å². The Morgan fingerprint density at radius 1 is 0.868 bits per heavy atom. The highest BCUT2D eigenvalue weighted by molar-refractivity contribution is 7.88. The number of rotatable bonds is 9. The smallest absolute Gasteiger partial charge is 0.460 e. The molecule has 5 nitrogen and oxygen atoms in total. The van der Waals surface area contributed by atoms with Crippen molar-refractivity contribution in [2.75, 3.05) is 7.11 Å². The molecule has 1 aromatic carbocycles. The molecular formula is C22H14F9NO4S2. The molecule has 16 heteroatoms. The van der Waals surface area contributed by atoms with E-state index in [-0.39, 0.29) is 16.3 Å². The Hall–Kier alpha value is -3.27. The lowest BCUT2D eigenvalue weighted by atomic mass is 10.1. The van der Waals surface area contributed by atoms with Crippen LogP contribution in [0.2, 0.25) is 0 Å². The molecule has 0 fully saturated rings. The van der Waals surface area contributed by atoms with Crippen LogP contribution in [0.1, 0.15) is 11.3 Å². The third-order valence-corrected chi connectivity index (χ3v) is 6.95. The largest absolute Gasteiger partial charge is 0.491 e. The first-order valence-corrected chi connectivity index (χ1v) is 12.3. The van der Waals surface area contributed by atoms with Gasteiger partial charge in [-0.3, -0.25) is 0 Å². The second-order valence-corrected chi connectivity index (χ2v) is 9.88. The van der Waals surface area contributed by atoms with Gasteiger partial charge in [0.1, 0.15) is 5.69 Å².